The lowest BCUT2D eigenvalue weighted by Gasteiger charge is -2.20. The molecule has 19 heavy (non-hydrogen) atoms. The molecule has 0 heterocycles. The van der Waals surface area contributed by atoms with Gasteiger partial charge in [-0.2, -0.15) is 0 Å². The van der Waals surface area contributed by atoms with Crippen molar-refractivity contribution in [2.45, 2.75) is 27.7 Å². The molecule has 1 rings (SSSR count). The van der Waals surface area contributed by atoms with Gasteiger partial charge in [0.15, 0.2) is 0 Å². The maximum Gasteiger partial charge on any atom is 0.336 e. The Kier molecular flexibility index (Phi) is 4.92. The molecule has 0 aliphatic rings. The third kappa shape index (κ3) is 3.47. The summed E-state index contributed by atoms with van der Waals surface area (Å²) in [6, 6.07) is 3.06. The molecule has 1 aromatic rings. The highest BCUT2D eigenvalue weighted by Gasteiger charge is 2.14. The van der Waals surface area contributed by atoms with E-state index < -0.39 is 5.97 Å². The van der Waals surface area contributed by atoms with E-state index in [2.05, 4.69) is 5.32 Å². The lowest BCUT2D eigenvalue weighted by molar-refractivity contribution is 0.0696. The number of anilines is 1. The van der Waals surface area contributed by atoms with Crippen molar-refractivity contribution in [2.75, 3.05) is 18.4 Å². The van der Waals surface area contributed by atoms with Crippen LogP contribution in [0.1, 0.15) is 35.3 Å². The number of nitrogens with zero attached hydrogens (tertiary/aromatic N) is 1. The summed E-state index contributed by atoms with van der Waals surface area (Å²) in [5, 5.41) is 11.9. The van der Waals surface area contributed by atoms with Crippen LogP contribution in [0.3, 0.4) is 0 Å². The molecule has 0 aliphatic carbocycles. The first kappa shape index (κ1) is 15.0. The zero-order valence-corrected chi connectivity index (χ0v) is 11.8. The van der Waals surface area contributed by atoms with Gasteiger partial charge in [0, 0.05) is 18.8 Å². The Morgan fingerprint density at radius 3 is 2.26 bits per heavy atom. The van der Waals surface area contributed by atoms with Gasteiger partial charge in [-0.15, -0.1) is 0 Å². The molecule has 0 saturated carbocycles. The molecule has 0 unspecified atom stereocenters. The SMILES string of the molecule is CCN(CC)C(=O)Nc1cc(C)c(C)c(C(=O)O)c1. The number of hydrogen-bond acceptors (Lipinski definition) is 2. The van der Waals surface area contributed by atoms with E-state index in [1.807, 2.05) is 20.8 Å². The minimum atomic E-state index is -0.987. The van der Waals surface area contributed by atoms with Crippen LogP contribution < -0.4 is 5.32 Å². The lowest BCUT2D eigenvalue weighted by atomic mass is 10.0. The molecule has 2 N–H and O–H groups in total. The normalized spacial score (nSPS) is 10.1. The van der Waals surface area contributed by atoms with E-state index in [0.29, 0.717) is 24.3 Å². The number of carboxylic acids is 1. The zero-order valence-electron chi connectivity index (χ0n) is 11.8. The van der Waals surface area contributed by atoms with Gasteiger partial charge in [-0.25, -0.2) is 9.59 Å². The van der Waals surface area contributed by atoms with Gasteiger partial charge in [0.2, 0.25) is 0 Å². The number of carboxylic acid groups (broad SMARTS) is 1. The first-order chi connectivity index (χ1) is 8.90. The van der Waals surface area contributed by atoms with Crippen LogP contribution in [0.5, 0.6) is 0 Å². The molecule has 0 aromatic heterocycles. The van der Waals surface area contributed by atoms with Crippen LogP contribution >= 0.6 is 0 Å². The van der Waals surface area contributed by atoms with E-state index in [4.69, 9.17) is 5.11 Å². The van der Waals surface area contributed by atoms with Crippen molar-refractivity contribution in [3.63, 3.8) is 0 Å². The van der Waals surface area contributed by atoms with Crippen LogP contribution in [-0.4, -0.2) is 35.1 Å². The molecule has 0 bridgehead atoms. The fourth-order valence-corrected chi connectivity index (χ4v) is 1.87. The molecule has 0 spiro atoms. The van der Waals surface area contributed by atoms with E-state index >= 15 is 0 Å². The first-order valence-electron chi connectivity index (χ1n) is 6.31. The van der Waals surface area contributed by atoms with Gasteiger partial charge in [-0.1, -0.05) is 0 Å². The van der Waals surface area contributed by atoms with Gasteiger partial charge in [-0.05, 0) is 51.0 Å². The summed E-state index contributed by atoms with van der Waals surface area (Å²) in [4.78, 5) is 24.7. The lowest BCUT2D eigenvalue weighted by Crippen LogP contribution is -2.34. The minimum Gasteiger partial charge on any atom is -0.478 e. The Labute approximate surface area is 113 Å². The van der Waals surface area contributed by atoms with Gasteiger partial charge in [0.25, 0.3) is 0 Å². The Morgan fingerprint density at radius 1 is 1.21 bits per heavy atom. The number of benzene rings is 1. The topological polar surface area (TPSA) is 69.6 Å². The maximum absolute atomic E-state index is 11.9. The van der Waals surface area contributed by atoms with Crippen molar-refractivity contribution >= 4 is 17.7 Å². The van der Waals surface area contributed by atoms with Gasteiger partial charge in [0.1, 0.15) is 0 Å². The second-order valence-corrected chi connectivity index (χ2v) is 4.37. The number of carbonyl (C=O) groups is 2. The number of nitrogens with one attached hydrogen (secondary N) is 1. The number of urea groups is 1. The quantitative estimate of drug-likeness (QED) is 0.878. The standard InChI is InChI=1S/C14H20N2O3/c1-5-16(6-2)14(19)15-11-7-9(3)10(4)12(8-11)13(17)18/h7-8H,5-6H2,1-4H3,(H,15,19)(H,17,18). The molecule has 1 aromatic carbocycles. The Morgan fingerprint density at radius 2 is 1.79 bits per heavy atom. The van der Waals surface area contributed by atoms with Gasteiger partial charge in [0.05, 0.1) is 5.56 Å². The Hall–Kier alpha value is -2.04. The number of carbonyl (C=O) groups excluding carboxylic acids is 1. The van der Waals surface area contributed by atoms with Crippen molar-refractivity contribution in [3.8, 4) is 0 Å². The third-order valence-corrected chi connectivity index (χ3v) is 3.20. The molecule has 0 aliphatic heterocycles. The zero-order chi connectivity index (χ0) is 14.6. The van der Waals surface area contributed by atoms with Crippen LogP contribution in [0.2, 0.25) is 0 Å². The van der Waals surface area contributed by atoms with Gasteiger partial charge < -0.3 is 15.3 Å². The summed E-state index contributed by atoms with van der Waals surface area (Å²) >= 11 is 0. The summed E-state index contributed by atoms with van der Waals surface area (Å²) in [5.74, 6) is -0.987. The van der Waals surface area contributed by atoms with E-state index in [0.717, 1.165) is 5.56 Å². The van der Waals surface area contributed by atoms with Gasteiger partial charge >= 0.3 is 12.0 Å². The smallest absolute Gasteiger partial charge is 0.336 e. The Balaban J connectivity index is 3.03. The van der Waals surface area contributed by atoms with E-state index in [1.165, 1.54) is 6.07 Å². The average molecular weight is 264 g/mol. The Bertz CT molecular complexity index is 494. The first-order valence-corrected chi connectivity index (χ1v) is 6.31. The monoisotopic (exact) mass is 264 g/mol. The summed E-state index contributed by atoms with van der Waals surface area (Å²) in [5.41, 5.74) is 2.29. The predicted octanol–water partition coefficient (Wildman–Crippen LogP) is 2.88. The molecule has 0 saturated heterocycles. The summed E-state index contributed by atoms with van der Waals surface area (Å²) in [6.45, 7) is 8.60. The van der Waals surface area contributed by atoms with Crippen LogP contribution in [0.25, 0.3) is 0 Å². The van der Waals surface area contributed by atoms with Crippen molar-refractivity contribution in [1.82, 2.24) is 4.90 Å². The molecule has 5 nitrogen and oxygen atoms in total. The summed E-state index contributed by atoms with van der Waals surface area (Å²) < 4.78 is 0. The van der Waals surface area contributed by atoms with E-state index in [1.54, 1.807) is 17.9 Å². The molecular formula is C14H20N2O3. The number of aryl methyl sites for hydroxylation is 1. The maximum atomic E-state index is 11.9. The van der Waals surface area contributed by atoms with Crippen molar-refractivity contribution < 1.29 is 14.7 Å². The van der Waals surface area contributed by atoms with E-state index in [-0.39, 0.29) is 11.6 Å². The fraction of sp³-hybridized carbons (Fsp3) is 0.429. The third-order valence-electron chi connectivity index (χ3n) is 3.20. The largest absolute Gasteiger partial charge is 0.478 e. The number of aromatic carboxylic acids is 1. The van der Waals surface area contributed by atoms with Crippen molar-refractivity contribution in [3.05, 3.63) is 28.8 Å². The molecule has 5 heteroatoms. The van der Waals surface area contributed by atoms with Crippen molar-refractivity contribution in [1.29, 1.82) is 0 Å². The van der Waals surface area contributed by atoms with Crippen molar-refractivity contribution in [2.24, 2.45) is 0 Å². The van der Waals surface area contributed by atoms with Gasteiger partial charge in [-0.3, -0.25) is 0 Å². The second kappa shape index (κ2) is 6.22. The highest BCUT2D eigenvalue weighted by Crippen LogP contribution is 2.20. The van der Waals surface area contributed by atoms with Crippen LogP contribution in [0.4, 0.5) is 10.5 Å². The number of rotatable bonds is 4. The highest BCUT2D eigenvalue weighted by molar-refractivity contribution is 5.94. The predicted molar refractivity (Wildman–Crippen MR) is 74.8 cm³/mol. The molecule has 0 radical (unpaired) electrons. The number of amides is 2. The fourth-order valence-electron chi connectivity index (χ4n) is 1.87. The summed E-state index contributed by atoms with van der Waals surface area (Å²) in [6.07, 6.45) is 0. The minimum absolute atomic E-state index is 0.217. The second-order valence-electron chi connectivity index (χ2n) is 4.37. The summed E-state index contributed by atoms with van der Waals surface area (Å²) in [7, 11) is 0. The van der Waals surface area contributed by atoms with Crippen LogP contribution in [0.15, 0.2) is 12.1 Å². The van der Waals surface area contributed by atoms with Crippen LogP contribution in [0, 0.1) is 13.8 Å². The van der Waals surface area contributed by atoms with Crippen LogP contribution in [-0.2, 0) is 0 Å². The molecule has 104 valence electrons. The van der Waals surface area contributed by atoms with E-state index in [9.17, 15) is 9.59 Å². The number of hydrogen-bond donors (Lipinski definition) is 2. The average Bonchev–Trinajstić information content (AvgIpc) is 2.34. The molecule has 2 amide bonds. The molecule has 0 fully saturated rings. The molecular weight excluding hydrogens is 244 g/mol. The highest BCUT2D eigenvalue weighted by atomic mass is 16.4. The molecule has 0 atom stereocenters.